The summed E-state index contributed by atoms with van der Waals surface area (Å²) < 4.78 is 0. The monoisotopic (exact) mass is 195 g/mol. The van der Waals surface area contributed by atoms with Crippen molar-refractivity contribution in [3.8, 4) is 0 Å². The Morgan fingerprint density at radius 2 is 2.23 bits per heavy atom. The van der Waals surface area contributed by atoms with Crippen LogP contribution in [0.5, 0.6) is 0 Å². The largest absolute Gasteiger partial charge is 0.292 e. The highest BCUT2D eigenvalue weighted by molar-refractivity contribution is 6.31. The highest BCUT2D eigenvalue weighted by atomic mass is 35.5. The number of rotatable bonds is 0. The molecule has 2 rings (SSSR count). The molecular weight excluding hydrogens is 186 g/mol. The van der Waals surface area contributed by atoms with Crippen LogP contribution in [0, 0.1) is 6.92 Å². The third-order valence-corrected chi connectivity index (χ3v) is 2.73. The van der Waals surface area contributed by atoms with E-state index in [4.69, 9.17) is 11.6 Å². The molecule has 0 saturated heterocycles. The van der Waals surface area contributed by atoms with Gasteiger partial charge in [0.25, 0.3) is 0 Å². The molecule has 1 aliphatic carbocycles. The van der Waals surface area contributed by atoms with Crippen molar-refractivity contribution in [2.45, 2.75) is 26.2 Å². The molecule has 0 aliphatic heterocycles. The van der Waals surface area contributed by atoms with Gasteiger partial charge in [-0.15, -0.1) is 0 Å². The van der Waals surface area contributed by atoms with Gasteiger partial charge in [-0.2, -0.15) is 0 Å². The van der Waals surface area contributed by atoms with Gasteiger partial charge >= 0.3 is 0 Å². The van der Waals surface area contributed by atoms with Crippen molar-refractivity contribution < 1.29 is 4.79 Å². The highest BCUT2D eigenvalue weighted by Gasteiger charge is 2.19. The summed E-state index contributed by atoms with van der Waals surface area (Å²) in [4.78, 5) is 15.7. The zero-order valence-corrected chi connectivity index (χ0v) is 8.19. The van der Waals surface area contributed by atoms with E-state index in [0.717, 1.165) is 24.1 Å². The number of hydrogen-bond acceptors (Lipinski definition) is 2. The second kappa shape index (κ2) is 3.11. The number of fused-ring (bicyclic) bond motifs is 1. The van der Waals surface area contributed by atoms with Crippen molar-refractivity contribution in [1.29, 1.82) is 0 Å². The van der Waals surface area contributed by atoms with Crippen LogP contribution in [-0.2, 0) is 6.42 Å². The first-order valence-corrected chi connectivity index (χ1v) is 4.75. The Hall–Kier alpha value is -0.890. The first-order valence-electron chi connectivity index (χ1n) is 4.37. The minimum atomic E-state index is 0.154. The number of hydrogen-bond donors (Lipinski definition) is 0. The van der Waals surface area contributed by atoms with Crippen molar-refractivity contribution >= 4 is 17.4 Å². The minimum absolute atomic E-state index is 0.154. The zero-order valence-electron chi connectivity index (χ0n) is 7.43. The van der Waals surface area contributed by atoms with E-state index in [1.807, 2.05) is 13.0 Å². The molecule has 0 unspecified atom stereocenters. The summed E-state index contributed by atoms with van der Waals surface area (Å²) in [5.41, 5.74) is 2.38. The second-order valence-electron chi connectivity index (χ2n) is 3.34. The second-order valence-corrected chi connectivity index (χ2v) is 3.75. The molecule has 3 heteroatoms. The molecule has 0 atom stereocenters. The molecule has 0 radical (unpaired) electrons. The fourth-order valence-corrected chi connectivity index (χ4v) is 1.78. The minimum Gasteiger partial charge on any atom is -0.292 e. The molecule has 0 aromatic carbocycles. The van der Waals surface area contributed by atoms with E-state index < -0.39 is 0 Å². The van der Waals surface area contributed by atoms with Crippen LogP contribution >= 0.6 is 11.6 Å². The predicted molar refractivity (Wildman–Crippen MR) is 51.3 cm³/mol. The number of aromatic nitrogens is 1. The molecule has 1 aromatic heterocycles. The van der Waals surface area contributed by atoms with Gasteiger partial charge in [0.05, 0.1) is 10.7 Å². The molecular formula is C10H10ClNO. The van der Waals surface area contributed by atoms with Crippen LogP contribution < -0.4 is 0 Å². The number of nitrogens with zero attached hydrogens (tertiary/aromatic N) is 1. The molecule has 2 nitrogen and oxygen atoms in total. The van der Waals surface area contributed by atoms with Crippen LogP contribution in [0.25, 0.3) is 0 Å². The van der Waals surface area contributed by atoms with Crippen LogP contribution in [0.4, 0.5) is 0 Å². The molecule has 1 heterocycles. The van der Waals surface area contributed by atoms with Gasteiger partial charge in [-0.1, -0.05) is 11.6 Å². The van der Waals surface area contributed by atoms with Gasteiger partial charge in [0.15, 0.2) is 5.78 Å². The smallest absolute Gasteiger partial charge is 0.181 e. The van der Waals surface area contributed by atoms with Gasteiger partial charge < -0.3 is 0 Å². The van der Waals surface area contributed by atoms with Gasteiger partial charge in [0, 0.05) is 6.42 Å². The maximum absolute atomic E-state index is 11.4. The lowest BCUT2D eigenvalue weighted by Gasteiger charge is -2.14. The molecule has 1 aromatic rings. The number of carbonyl (C=O) groups excluding carboxylic acids is 1. The van der Waals surface area contributed by atoms with Gasteiger partial charge in [-0.05, 0) is 31.4 Å². The number of aryl methyl sites for hydroxylation is 2. The van der Waals surface area contributed by atoms with Gasteiger partial charge in [-0.3, -0.25) is 4.79 Å². The summed E-state index contributed by atoms with van der Waals surface area (Å²) in [7, 11) is 0. The lowest BCUT2D eigenvalue weighted by atomic mass is 9.95. The fourth-order valence-electron chi connectivity index (χ4n) is 1.61. The zero-order chi connectivity index (χ0) is 9.42. The predicted octanol–water partition coefficient (Wildman–Crippen LogP) is 2.56. The summed E-state index contributed by atoms with van der Waals surface area (Å²) in [5, 5.41) is 0.661. The van der Waals surface area contributed by atoms with Crippen LogP contribution in [0.1, 0.15) is 34.6 Å². The number of Topliss-reactive ketones (excluding diaryl/α,β-unsaturated/α-hetero) is 1. The molecule has 0 N–H and O–H groups in total. The number of carbonyl (C=O) groups is 1. The SMILES string of the molecule is Cc1nc2c(cc1Cl)CCCC2=O. The normalized spacial score (nSPS) is 15.7. The van der Waals surface area contributed by atoms with Crippen LogP contribution in [0.2, 0.25) is 5.02 Å². The van der Waals surface area contributed by atoms with Crippen LogP contribution in [0.3, 0.4) is 0 Å². The highest BCUT2D eigenvalue weighted by Crippen LogP contribution is 2.24. The van der Waals surface area contributed by atoms with Crippen molar-refractivity contribution in [1.82, 2.24) is 4.98 Å². The average Bonchev–Trinajstić information content (AvgIpc) is 2.09. The third-order valence-electron chi connectivity index (χ3n) is 2.34. The Morgan fingerprint density at radius 1 is 1.46 bits per heavy atom. The molecule has 0 amide bonds. The first-order chi connectivity index (χ1) is 6.18. The van der Waals surface area contributed by atoms with Crippen LogP contribution in [-0.4, -0.2) is 10.8 Å². The van der Waals surface area contributed by atoms with E-state index in [0.29, 0.717) is 17.1 Å². The Balaban J connectivity index is 2.58. The summed E-state index contributed by atoms with van der Waals surface area (Å²) in [6.45, 7) is 1.82. The molecule has 0 bridgehead atoms. The van der Waals surface area contributed by atoms with Crippen molar-refractivity contribution in [3.05, 3.63) is 28.0 Å². The molecule has 0 spiro atoms. The Morgan fingerprint density at radius 3 is 3.00 bits per heavy atom. The quantitative estimate of drug-likeness (QED) is 0.637. The number of pyridine rings is 1. The summed E-state index contributed by atoms with van der Waals surface area (Å²) in [6.07, 6.45) is 2.47. The van der Waals surface area contributed by atoms with Crippen molar-refractivity contribution in [2.24, 2.45) is 0 Å². The lowest BCUT2D eigenvalue weighted by molar-refractivity contribution is 0.0967. The van der Waals surface area contributed by atoms with E-state index in [9.17, 15) is 4.79 Å². The average molecular weight is 196 g/mol. The summed E-state index contributed by atoms with van der Waals surface area (Å²) in [6, 6.07) is 1.87. The first kappa shape index (κ1) is 8.70. The van der Waals surface area contributed by atoms with E-state index in [1.165, 1.54) is 0 Å². The van der Waals surface area contributed by atoms with Gasteiger partial charge in [-0.25, -0.2) is 4.98 Å². The summed E-state index contributed by atoms with van der Waals surface area (Å²) >= 11 is 5.92. The van der Waals surface area contributed by atoms with E-state index in [2.05, 4.69) is 4.98 Å². The lowest BCUT2D eigenvalue weighted by Crippen LogP contribution is -2.13. The van der Waals surface area contributed by atoms with Crippen LogP contribution in [0.15, 0.2) is 6.07 Å². The summed E-state index contributed by atoms with van der Waals surface area (Å²) in [5.74, 6) is 0.154. The van der Waals surface area contributed by atoms with Gasteiger partial charge in [0.1, 0.15) is 5.69 Å². The number of halogens is 1. The Bertz CT molecular complexity index is 373. The molecule has 0 fully saturated rings. The van der Waals surface area contributed by atoms with Crippen molar-refractivity contribution in [3.63, 3.8) is 0 Å². The van der Waals surface area contributed by atoms with E-state index in [-0.39, 0.29) is 5.78 Å². The molecule has 0 saturated carbocycles. The standard InChI is InChI=1S/C10H10ClNO/c1-6-8(11)5-7-3-2-4-9(13)10(7)12-6/h5H,2-4H2,1H3. The number of ketones is 1. The Kier molecular flexibility index (Phi) is 2.08. The maximum atomic E-state index is 11.4. The fraction of sp³-hybridized carbons (Fsp3) is 0.400. The molecule has 68 valence electrons. The van der Waals surface area contributed by atoms with Crippen molar-refractivity contribution in [2.75, 3.05) is 0 Å². The Labute approximate surface area is 81.9 Å². The van der Waals surface area contributed by atoms with E-state index in [1.54, 1.807) is 0 Å². The maximum Gasteiger partial charge on any atom is 0.181 e. The topological polar surface area (TPSA) is 30.0 Å². The molecule has 13 heavy (non-hydrogen) atoms. The third kappa shape index (κ3) is 1.46. The molecule has 1 aliphatic rings. The van der Waals surface area contributed by atoms with Gasteiger partial charge in [0.2, 0.25) is 0 Å². The van der Waals surface area contributed by atoms with E-state index >= 15 is 0 Å².